The van der Waals surface area contributed by atoms with E-state index < -0.39 is 0 Å². The van der Waals surface area contributed by atoms with Gasteiger partial charge in [0.05, 0.1) is 31.3 Å². The third-order valence-electron chi connectivity index (χ3n) is 5.04. The topological polar surface area (TPSA) is 70.9 Å². The summed E-state index contributed by atoms with van der Waals surface area (Å²) in [6, 6.07) is 10.9. The lowest BCUT2D eigenvalue weighted by molar-refractivity contribution is -0.870. The first-order valence-corrected chi connectivity index (χ1v) is 9.42. The highest BCUT2D eigenvalue weighted by Crippen LogP contribution is 2.22. The summed E-state index contributed by atoms with van der Waals surface area (Å²) in [7, 11) is 1.88. The third-order valence-corrected chi connectivity index (χ3v) is 5.04. The van der Waals surface area contributed by atoms with E-state index in [2.05, 4.69) is 5.32 Å². The van der Waals surface area contributed by atoms with Crippen molar-refractivity contribution in [2.75, 3.05) is 32.0 Å². The van der Waals surface area contributed by atoms with Crippen LogP contribution in [0.3, 0.4) is 0 Å². The largest absolute Gasteiger partial charge is 0.328 e. The van der Waals surface area contributed by atoms with E-state index in [4.69, 9.17) is 0 Å². The summed E-state index contributed by atoms with van der Waals surface area (Å²) in [6.07, 6.45) is 0. The van der Waals surface area contributed by atoms with Crippen LogP contribution in [0, 0.1) is 20.8 Å². The molecule has 1 heterocycles. The highest BCUT2D eigenvalue weighted by molar-refractivity contribution is 6.21. The maximum Gasteiger partial charge on any atom is 0.279 e. The van der Waals surface area contributed by atoms with Crippen LogP contribution < -0.4 is 10.2 Å². The molecule has 0 aromatic heterocycles. The van der Waals surface area contributed by atoms with E-state index in [0.29, 0.717) is 17.7 Å². The second-order valence-electron chi connectivity index (χ2n) is 7.51. The molecule has 1 unspecified atom stereocenters. The standard InChI is InChI=1S/C22H25N3O3/c1-14-11-15(2)20(16(3)12-14)23-19(26)13-24(4)9-10-25-21(27)17-7-5-6-8-18(17)22(25)28/h5-8,11-12H,9-10,13H2,1-4H3,(H,23,26)/p+1. The van der Waals surface area contributed by atoms with Crippen LogP contribution in [-0.2, 0) is 4.79 Å². The van der Waals surface area contributed by atoms with Gasteiger partial charge in [0.25, 0.3) is 17.7 Å². The molecule has 0 spiro atoms. The van der Waals surface area contributed by atoms with Crippen LogP contribution in [0.5, 0.6) is 0 Å². The minimum Gasteiger partial charge on any atom is -0.328 e. The maximum atomic E-state index is 12.4. The zero-order chi connectivity index (χ0) is 20.4. The number of hydrogen-bond donors (Lipinski definition) is 2. The predicted octanol–water partition coefficient (Wildman–Crippen LogP) is 1.36. The van der Waals surface area contributed by atoms with E-state index in [0.717, 1.165) is 27.3 Å². The number of nitrogens with one attached hydrogen (secondary N) is 2. The van der Waals surface area contributed by atoms with Crippen molar-refractivity contribution in [2.24, 2.45) is 0 Å². The first-order valence-electron chi connectivity index (χ1n) is 9.42. The highest BCUT2D eigenvalue weighted by Gasteiger charge is 2.35. The summed E-state index contributed by atoms with van der Waals surface area (Å²) in [5.74, 6) is -0.609. The summed E-state index contributed by atoms with van der Waals surface area (Å²) in [6.45, 7) is 7.04. The number of hydrogen-bond acceptors (Lipinski definition) is 3. The summed E-state index contributed by atoms with van der Waals surface area (Å²) in [4.78, 5) is 39.4. The smallest absolute Gasteiger partial charge is 0.279 e. The number of amides is 3. The Morgan fingerprint density at radius 3 is 2.07 bits per heavy atom. The molecular weight excluding hydrogens is 354 g/mol. The molecule has 2 N–H and O–H groups in total. The number of imide groups is 1. The van der Waals surface area contributed by atoms with E-state index in [-0.39, 0.29) is 30.8 Å². The SMILES string of the molecule is Cc1cc(C)c(NC(=O)C[NH+](C)CCN2C(=O)c3ccccc3C2=O)c(C)c1. The second-order valence-corrected chi connectivity index (χ2v) is 7.51. The fourth-order valence-electron chi connectivity index (χ4n) is 3.67. The zero-order valence-corrected chi connectivity index (χ0v) is 16.8. The Kier molecular flexibility index (Phi) is 5.61. The fourth-order valence-corrected chi connectivity index (χ4v) is 3.67. The molecule has 1 atom stereocenters. The molecule has 1 aliphatic heterocycles. The molecule has 0 bridgehead atoms. The van der Waals surface area contributed by atoms with Crippen LogP contribution >= 0.6 is 0 Å². The Bertz CT molecular complexity index is 894. The molecule has 146 valence electrons. The van der Waals surface area contributed by atoms with Gasteiger partial charge in [0.15, 0.2) is 6.54 Å². The maximum absolute atomic E-state index is 12.4. The fraction of sp³-hybridized carbons (Fsp3) is 0.318. The first-order chi connectivity index (χ1) is 13.3. The molecule has 3 amide bonds. The summed E-state index contributed by atoms with van der Waals surface area (Å²) < 4.78 is 0. The predicted molar refractivity (Wildman–Crippen MR) is 108 cm³/mol. The first kappa shape index (κ1) is 19.8. The number of anilines is 1. The van der Waals surface area contributed by atoms with Crippen LogP contribution in [0.15, 0.2) is 36.4 Å². The normalized spacial score (nSPS) is 14.2. The minimum absolute atomic E-state index is 0.0880. The monoisotopic (exact) mass is 380 g/mol. The lowest BCUT2D eigenvalue weighted by Gasteiger charge is -2.19. The van der Waals surface area contributed by atoms with Crippen molar-refractivity contribution < 1.29 is 19.3 Å². The van der Waals surface area contributed by atoms with Crippen LogP contribution in [-0.4, -0.2) is 49.3 Å². The number of rotatable bonds is 6. The van der Waals surface area contributed by atoms with Crippen molar-refractivity contribution in [2.45, 2.75) is 20.8 Å². The number of aryl methyl sites for hydroxylation is 3. The number of carbonyl (C=O) groups excluding carboxylic acids is 3. The molecule has 2 aromatic carbocycles. The molecule has 28 heavy (non-hydrogen) atoms. The minimum atomic E-state index is -0.260. The van der Waals surface area contributed by atoms with Gasteiger partial charge in [0, 0.05) is 5.69 Å². The van der Waals surface area contributed by atoms with Gasteiger partial charge >= 0.3 is 0 Å². The Hall–Kier alpha value is -2.99. The number of likely N-dealkylation sites (N-methyl/N-ethyl adjacent to an activating group) is 1. The number of carbonyl (C=O) groups is 3. The van der Waals surface area contributed by atoms with Gasteiger partial charge in [-0.05, 0) is 44.0 Å². The zero-order valence-electron chi connectivity index (χ0n) is 16.8. The van der Waals surface area contributed by atoms with Crippen molar-refractivity contribution in [1.29, 1.82) is 0 Å². The molecule has 0 radical (unpaired) electrons. The van der Waals surface area contributed by atoms with Crippen molar-refractivity contribution in [1.82, 2.24) is 4.90 Å². The average Bonchev–Trinajstić information content (AvgIpc) is 2.87. The number of quaternary nitrogens is 1. The highest BCUT2D eigenvalue weighted by atomic mass is 16.2. The van der Waals surface area contributed by atoms with E-state index >= 15 is 0 Å². The van der Waals surface area contributed by atoms with Gasteiger partial charge in [0.1, 0.15) is 0 Å². The molecule has 0 saturated carbocycles. The lowest BCUT2D eigenvalue weighted by atomic mass is 10.1. The van der Waals surface area contributed by atoms with E-state index in [1.165, 1.54) is 4.90 Å². The Labute approximate surface area is 165 Å². The second kappa shape index (κ2) is 7.94. The van der Waals surface area contributed by atoms with E-state index in [1.54, 1.807) is 24.3 Å². The lowest BCUT2D eigenvalue weighted by Crippen LogP contribution is -3.10. The molecule has 0 saturated heterocycles. The molecule has 6 heteroatoms. The van der Waals surface area contributed by atoms with Crippen molar-refractivity contribution in [3.8, 4) is 0 Å². The van der Waals surface area contributed by atoms with Gasteiger partial charge in [-0.2, -0.15) is 0 Å². The van der Waals surface area contributed by atoms with Crippen molar-refractivity contribution in [3.63, 3.8) is 0 Å². The number of benzene rings is 2. The van der Waals surface area contributed by atoms with E-state index in [9.17, 15) is 14.4 Å². The molecule has 3 rings (SSSR count). The van der Waals surface area contributed by atoms with Crippen LogP contribution in [0.25, 0.3) is 0 Å². The molecule has 6 nitrogen and oxygen atoms in total. The van der Waals surface area contributed by atoms with Gasteiger partial charge in [-0.25, -0.2) is 0 Å². The molecule has 1 aliphatic rings. The molecule has 2 aromatic rings. The molecule has 0 fully saturated rings. The number of fused-ring (bicyclic) bond motifs is 1. The van der Waals surface area contributed by atoms with Crippen molar-refractivity contribution in [3.05, 3.63) is 64.2 Å². The van der Waals surface area contributed by atoms with Crippen LogP contribution in [0.4, 0.5) is 5.69 Å². The van der Waals surface area contributed by atoms with Crippen molar-refractivity contribution >= 4 is 23.4 Å². The molecule has 0 aliphatic carbocycles. The summed E-state index contributed by atoms with van der Waals surface area (Å²) in [5, 5.41) is 2.99. The Morgan fingerprint density at radius 1 is 1.00 bits per heavy atom. The van der Waals surface area contributed by atoms with Gasteiger partial charge in [-0.15, -0.1) is 0 Å². The summed E-state index contributed by atoms with van der Waals surface area (Å²) in [5.41, 5.74) is 4.99. The van der Waals surface area contributed by atoms with E-state index in [1.807, 2.05) is 40.0 Å². The quantitative estimate of drug-likeness (QED) is 0.744. The Balaban J connectivity index is 1.55. The molecular formula is C22H26N3O3+. The van der Waals surface area contributed by atoms with Crippen LogP contribution in [0.1, 0.15) is 37.4 Å². The number of nitrogens with zero attached hydrogens (tertiary/aromatic N) is 1. The van der Waals surface area contributed by atoms with Crippen LogP contribution in [0.2, 0.25) is 0 Å². The van der Waals surface area contributed by atoms with Gasteiger partial charge in [-0.3, -0.25) is 19.3 Å². The average molecular weight is 380 g/mol. The summed E-state index contributed by atoms with van der Waals surface area (Å²) >= 11 is 0. The van der Waals surface area contributed by atoms with Gasteiger partial charge in [0.2, 0.25) is 0 Å². The van der Waals surface area contributed by atoms with Gasteiger partial charge in [-0.1, -0.05) is 29.8 Å². The van der Waals surface area contributed by atoms with Gasteiger partial charge < -0.3 is 10.2 Å². The third kappa shape index (κ3) is 3.97. The Morgan fingerprint density at radius 2 is 1.54 bits per heavy atom.